The van der Waals surface area contributed by atoms with Gasteiger partial charge in [-0.25, -0.2) is 0 Å². The largest absolute Gasteiger partial charge is 0.310 e. The first-order valence-corrected chi connectivity index (χ1v) is 9.02. The van der Waals surface area contributed by atoms with E-state index in [9.17, 15) is 0 Å². The SMILES string of the molecule is c1ccc(N(c2ccccc2)c2cccc3c2Cc2ccccc2-3)cc1. The van der Waals surface area contributed by atoms with Gasteiger partial charge >= 0.3 is 0 Å². The Morgan fingerprint density at radius 1 is 0.500 bits per heavy atom. The lowest BCUT2D eigenvalue weighted by Crippen LogP contribution is -2.11. The van der Waals surface area contributed by atoms with Gasteiger partial charge in [-0.2, -0.15) is 0 Å². The Bertz CT molecular complexity index is 1010. The highest BCUT2D eigenvalue weighted by Crippen LogP contribution is 2.45. The Hall–Kier alpha value is -3.32. The number of rotatable bonds is 3. The third-order valence-electron chi connectivity index (χ3n) is 5.10. The summed E-state index contributed by atoms with van der Waals surface area (Å²) in [7, 11) is 0. The molecule has 0 aliphatic heterocycles. The van der Waals surface area contributed by atoms with Crippen molar-refractivity contribution in [2.24, 2.45) is 0 Å². The standard InChI is InChI=1S/C25H19N/c1-3-11-20(12-4-1)26(21-13-5-2-6-14-21)25-17-9-16-23-22-15-8-7-10-19(22)18-24(23)25/h1-17H,18H2. The maximum Gasteiger partial charge on any atom is 0.0503 e. The van der Waals surface area contributed by atoms with Crippen LogP contribution in [-0.4, -0.2) is 0 Å². The van der Waals surface area contributed by atoms with Crippen LogP contribution in [0, 0.1) is 0 Å². The van der Waals surface area contributed by atoms with Crippen LogP contribution in [0.4, 0.5) is 17.1 Å². The molecule has 0 unspecified atom stereocenters. The molecule has 0 saturated carbocycles. The van der Waals surface area contributed by atoms with E-state index < -0.39 is 0 Å². The second-order valence-corrected chi connectivity index (χ2v) is 6.64. The van der Waals surface area contributed by atoms with Gasteiger partial charge in [0.05, 0.1) is 5.69 Å². The van der Waals surface area contributed by atoms with Crippen molar-refractivity contribution in [2.75, 3.05) is 4.90 Å². The molecule has 26 heavy (non-hydrogen) atoms. The van der Waals surface area contributed by atoms with Gasteiger partial charge in [-0.1, -0.05) is 72.8 Å². The zero-order valence-electron chi connectivity index (χ0n) is 14.5. The first kappa shape index (κ1) is 15.0. The fraction of sp³-hybridized carbons (Fsp3) is 0.0400. The Kier molecular flexibility index (Phi) is 3.57. The molecule has 0 heterocycles. The van der Waals surface area contributed by atoms with E-state index in [2.05, 4.69) is 108 Å². The lowest BCUT2D eigenvalue weighted by molar-refractivity contribution is 1.20. The van der Waals surface area contributed by atoms with Gasteiger partial charge < -0.3 is 4.90 Å². The molecule has 0 fully saturated rings. The zero-order valence-corrected chi connectivity index (χ0v) is 14.5. The van der Waals surface area contributed by atoms with E-state index >= 15 is 0 Å². The molecule has 0 saturated heterocycles. The fourth-order valence-electron chi connectivity index (χ4n) is 3.93. The van der Waals surface area contributed by atoms with Crippen molar-refractivity contribution in [2.45, 2.75) is 6.42 Å². The molecule has 0 atom stereocenters. The third-order valence-corrected chi connectivity index (χ3v) is 5.10. The molecule has 5 rings (SSSR count). The zero-order chi connectivity index (χ0) is 17.3. The Morgan fingerprint density at radius 3 is 1.77 bits per heavy atom. The highest BCUT2D eigenvalue weighted by Gasteiger charge is 2.24. The smallest absolute Gasteiger partial charge is 0.0503 e. The molecular weight excluding hydrogens is 314 g/mol. The second kappa shape index (κ2) is 6.20. The second-order valence-electron chi connectivity index (χ2n) is 6.64. The number of benzene rings is 4. The summed E-state index contributed by atoms with van der Waals surface area (Å²) in [5.74, 6) is 0. The molecule has 4 aromatic rings. The van der Waals surface area contributed by atoms with Crippen molar-refractivity contribution < 1.29 is 0 Å². The van der Waals surface area contributed by atoms with E-state index in [0.29, 0.717) is 0 Å². The third kappa shape index (κ3) is 2.41. The maximum atomic E-state index is 2.37. The van der Waals surface area contributed by atoms with Gasteiger partial charge in [0, 0.05) is 17.8 Å². The monoisotopic (exact) mass is 333 g/mol. The summed E-state index contributed by atoms with van der Waals surface area (Å²) in [6.07, 6.45) is 0.984. The summed E-state index contributed by atoms with van der Waals surface area (Å²) >= 11 is 0. The predicted molar refractivity (Wildman–Crippen MR) is 109 cm³/mol. The Balaban J connectivity index is 1.72. The summed E-state index contributed by atoms with van der Waals surface area (Å²) in [5.41, 5.74) is 9.17. The predicted octanol–water partition coefficient (Wildman–Crippen LogP) is 6.73. The van der Waals surface area contributed by atoms with Gasteiger partial charge in [0.2, 0.25) is 0 Å². The van der Waals surface area contributed by atoms with E-state index in [4.69, 9.17) is 0 Å². The summed E-state index contributed by atoms with van der Waals surface area (Å²) in [6.45, 7) is 0. The summed E-state index contributed by atoms with van der Waals surface area (Å²) in [5, 5.41) is 0. The number of anilines is 3. The van der Waals surface area contributed by atoms with Crippen LogP contribution in [0.25, 0.3) is 11.1 Å². The number of nitrogens with zero attached hydrogens (tertiary/aromatic N) is 1. The number of fused-ring (bicyclic) bond motifs is 3. The van der Waals surface area contributed by atoms with E-state index in [-0.39, 0.29) is 0 Å². The molecule has 1 aliphatic rings. The Morgan fingerprint density at radius 2 is 1.08 bits per heavy atom. The average molecular weight is 333 g/mol. The first-order chi connectivity index (χ1) is 12.9. The van der Waals surface area contributed by atoms with Crippen LogP contribution in [0.2, 0.25) is 0 Å². The number of para-hydroxylation sites is 2. The molecule has 1 nitrogen and oxygen atoms in total. The van der Waals surface area contributed by atoms with Gasteiger partial charge in [-0.15, -0.1) is 0 Å². The fourth-order valence-corrected chi connectivity index (χ4v) is 3.93. The first-order valence-electron chi connectivity index (χ1n) is 9.02. The summed E-state index contributed by atoms with van der Waals surface area (Å²) in [4.78, 5) is 2.37. The molecule has 0 amide bonds. The van der Waals surface area contributed by atoms with Crippen LogP contribution in [0.3, 0.4) is 0 Å². The lowest BCUT2D eigenvalue weighted by atomic mass is 10.0. The van der Waals surface area contributed by atoms with E-state index in [1.54, 1.807) is 0 Å². The van der Waals surface area contributed by atoms with Crippen LogP contribution in [0.15, 0.2) is 103 Å². The van der Waals surface area contributed by atoms with Gasteiger partial charge in [0.25, 0.3) is 0 Å². The van der Waals surface area contributed by atoms with Gasteiger partial charge in [-0.05, 0) is 52.6 Å². The van der Waals surface area contributed by atoms with Crippen LogP contribution in [0.1, 0.15) is 11.1 Å². The normalized spacial score (nSPS) is 11.7. The minimum absolute atomic E-state index is 0.984. The molecular formula is C25H19N. The summed E-state index contributed by atoms with van der Waals surface area (Å²) < 4.78 is 0. The quantitative estimate of drug-likeness (QED) is 0.354. The Labute approximate surface area is 154 Å². The minimum Gasteiger partial charge on any atom is -0.310 e. The summed E-state index contributed by atoms with van der Waals surface area (Å²) in [6, 6.07) is 36.7. The van der Waals surface area contributed by atoms with Crippen molar-refractivity contribution in [3.05, 3.63) is 114 Å². The molecule has 1 aliphatic carbocycles. The molecule has 0 bridgehead atoms. The van der Waals surface area contributed by atoms with Gasteiger partial charge in [0.15, 0.2) is 0 Å². The number of hydrogen-bond donors (Lipinski definition) is 0. The minimum atomic E-state index is 0.984. The van der Waals surface area contributed by atoms with Crippen molar-refractivity contribution in [3.8, 4) is 11.1 Å². The van der Waals surface area contributed by atoms with E-state index in [0.717, 1.165) is 6.42 Å². The maximum absolute atomic E-state index is 2.37. The highest BCUT2D eigenvalue weighted by atomic mass is 15.1. The van der Waals surface area contributed by atoms with Crippen molar-refractivity contribution in [3.63, 3.8) is 0 Å². The molecule has 124 valence electrons. The molecule has 0 aromatic heterocycles. The van der Waals surface area contributed by atoms with Crippen LogP contribution < -0.4 is 4.90 Å². The van der Waals surface area contributed by atoms with Crippen molar-refractivity contribution in [1.82, 2.24) is 0 Å². The molecule has 0 N–H and O–H groups in total. The lowest BCUT2D eigenvalue weighted by Gasteiger charge is -2.27. The molecule has 0 spiro atoms. The van der Waals surface area contributed by atoms with Gasteiger partial charge in [-0.3, -0.25) is 0 Å². The molecule has 0 radical (unpaired) electrons. The van der Waals surface area contributed by atoms with Crippen molar-refractivity contribution >= 4 is 17.1 Å². The van der Waals surface area contributed by atoms with E-state index in [1.807, 2.05) is 0 Å². The highest BCUT2D eigenvalue weighted by molar-refractivity contribution is 5.87. The molecule has 1 heteroatoms. The van der Waals surface area contributed by atoms with E-state index in [1.165, 1.54) is 39.3 Å². The average Bonchev–Trinajstić information content (AvgIpc) is 3.10. The van der Waals surface area contributed by atoms with Crippen LogP contribution in [-0.2, 0) is 6.42 Å². The topological polar surface area (TPSA) is 3.24 Å². The molecule has 4 aromatic carbocycles. The van der Waals surface area contributed by atoms with Gasteiger partial charge in [0.1, 0.15) is 0 Å². The number of hydrogen-bond acceptors (Lipinski definition) is 1. The van der Waals surface area contributed by atoms with Crippen molar-refractivity contribution in [1.29, 1.82) is 0 Å². The van der Waals surface area contributed by atoms with Crippen LogP contribution in [0.5, 0.6) is 0 Å². The van der Waals surface area contributed by atoms with Crippen LogP contribution >= 0.6 is 0 Å².